The number of nitrogens with zero attached hydrogens (tertiary/aromatic N) is 1. The van der Waals surface area contributed by atoms with E-state index in [1.165, 1.54) is 6.92 Å². The normalized spacial score (nSPS) is 13.6. The second-order valence-corrected chi connectivity index (χ2v) is 8.57. The maximum absolute atomic E-state index is 13.6. The highest BCUT2D eigenvalue weighted by atomic mass is 32.2. The number of benzene rings is 2. The minimum Gasteiger partial charge on any atom is -0.347 e. The molecule has 0 fully saturated rings. The molecule has 0 spiro atoms. The van der Waals surface area contributed by atoms with Crippen molar-refractivity contribution in [1.82, 2.24) is 5.32 Å². The third-order valence-electron chi connectivity index (χ3n) is 4.45. The Kier molecular flexibility index (Phi) is 6.77. The highest BCUT2D eigenvalue weighted by Crippen LogP contribution is 2.24. The van der Waals surface area contributed by atoms with E-state index in [1.807, 2.05) is 38.1 Å². The average molecular weight is 410 g/mol. The van der Waals surface area contributed by atoms with Crippen LogP contribution in [0, 0.1) is 18.6 Å². The summed E-state index contributed by atoms with van der Waals surface area (Å²) in [5.41, 5.74) is 1.86. The number of rotatable bonds is 7. The van der Waals surface area contributed by atoms with E-state index in [4.69, 9.17) is 0 Å². The van der Waals surface area contributed by atoms with Gasteiger partial charge in [-0.25, -0.2) is 17.2 Å². The molecule has 2 atom stereocenters. The molecule has 0 heterocycles. The van der Waals surface area contributed by atoms with Crippen molar-refractivity contribution in [3.8, 4) is 0 Å². The molecule has 0 aliphatic heterocycles. The average Bonchev–Trinajstić information content (AvgIpc) is 2.62. The van der Waals surface area contributed by atoms with E-state index >= 15 is 0 Å². The third-order valence-corrected chi connectivity index (χ3v) is 5.69. The Balaban J connectivity index is 2.30. The smallest absolute Gasteiger partial charge is 0.244 e. The summed E-state index contributed by atoms with van der Waals surface area (Å²) in [5.74, 6) is -2.83. The lowest BCUT2D eigenvalue weighted by molar-refractivity contribution is -0.122. The Morgan fingerprint density at radius 2 is 1.71 bits per heavy atom. The molecular formula is C20H24F2N2O3S. The van der Waals surface area contributed by atoms with E-state index < -0.39 is 33.6 Å². The SMILES string of the molecule is CC[C@H](NC(=O)[C@@H](C)N(c1ccc(F)c(F)c1)S(C)(=O)=O)c1ccc(C)cc1. The molecule has 8 heteroatoms. The summed E-state index contributed by atoms with van der Waals surface area (Å²) in [5, 5.41) is 2.84. The molecule has 0 aromatic heterocycles. The first-order valence-corrected chi connectivity index (χ1v) is 10.7. The molecule has 0 saturated carbocycles. The number of carbonyl (C=O) groups is 1. The van der Waals surface area contributed by atoms with Crippen LogP contribution in [0.3, 0.4) is 0 Å². The molecule has 5 nitrogen and oxygen atoms in total. The van der Waals surface area contributed by atoms with Gasteiger partial charge in [-0.15, -0.1) is 0 Å². The first-order chi connectivity index (χ1) is 13.0. The molecule has 2 rings (SSSR count). The van der Waals surface area contributed by atoms with E-state index in [0.717, 1.165) is 39.9 Å². The largest absolute Gasteiger partial charge is 0.347 e. The number of halogens is 2. The Bertz CT molecular complexity index is 946. The van der Waals surface area contributed by atoms with Crippen LogP contribution in [0.1, 0.15) is 37.4 Å². The van der Waals surface area contributed by atoms with Crippen molar-refractivity contribution >= 4 is 21.6 Å². The van der Waals surface area contributed by atoms with Gasteiger partial charge < -0.3 is 5.32 Å². The highest BCUT2D eigenvalue weighted by Gasteiger charge is 2.30. The van der Waals surface area contributed by atoms with Crippen molar-refractivity contribution < 1.29 is 22.0 Å². The fraction of sp³-hybridized carbons (Fsp3) is 0.350. The fourth-order valence-electron chi connectivity index (χ4n) is 2.94. The van der Waals surface area contributed by atoms with Crippen molar-refractivity contribution in [1.29, 1.82) is 0 Å². The molecule has 0 unspecified atom stereocenters. The zero-order valence-electron chi connectivity index (χ0n) is 16.2. The zero-order valence-corrected chi connectivity index (χ0v) is 17.1. The molecule has 152 valence electrons. The lowest BCUT2D eigenvalue weighted by Crippen LogP contribution is -2.48. The predicted molar refractivity (Wildman–Crippen MR) is 105 cm³/mol. The second kappa shape index (κ2) is 8.68. The summed E-state index contributed by atoms with van der Waals surface area (Å²) in [7, 11) is -3.92. The molecule has 2 aromatic rings. The molecule has 0 bridgehead atoms. The van der Waals surface area contributed by atoms with Gasteiger partial charge in [0.15, 0.2) is 11.6 Å². The highest BCUT2D eigenvalue weighted by molar-refractivity contribution is 7.92. The molecule has 0 aliphatic carbocycles. The van der Waals surface area contributed by atoms with E-state index in [9.17, 15) is 22.0 Å². The minimum absolute atomic E-state index is 0.118. The van der Waals surface area contributed by atoms with Gasteiger partial charge in [0.05, 0.1) is 18.0 Å². The predicted octanol–water partition coefficient (Wildman–Crippen LogP) is 3.70. The minimum atomic E-state index is -3.92. The Morgan fingerprint density at radius 3 is 2.21 bits per heavy atom. The van der Waals surface area contributed by atoms with Crippen molar-refractivity contribution in [3.05, 3.63) is 65.2 Å². The van der Waals surface area contributed by atoms with Crippen LogP contribution >= 0.6 is 0 Å². The number of aryl methyl sites for hydroxylation is 1. The number of sulfonamides is 1. The third kappa shape index (κ3) is 5.07. The first kappa shape index (κ1) is 21.8. The molecule has 0 saturated heterocycles. The van der Waals surface area contributed by atoms with Gasteiger partial charge >= 0.3 is 0 Å². The number of nitrogens with one attached hydrogen (secondary N) is 1. The summed E-state index contributed by atoms with van der Waals surface area (Å²) >= 11 is 0. The quantitative estimate of drug-likeness (QED) is 0.757. The Hall–Kier alpha value is -2.48. The van der Waals surface area contributed by atoms with E-state index in [-0.39, 0.29) is 11.7 Å². The van der Waals surface area contributed by atoms with Crippen LogP contribution in [0.5, 0.6) is 0 Å². The van der Waals surface area contributed by atoms with Crippen LogP contribution in [-0.4, -0.2) is 26.6 Å². The number of carbonyl (C=O) groups excluding carboxylic acids is 1. The molecule has 0 radical (unpaired) electrons. The Morgan fingerprint density at radius 1 is 1.11 bits per heavy atom. The van der Waals surface area contributed by atoms with Crippen molar-refractivity contribution in [2.45, 2.75) is 39.3 Å². The lowest BCUT2D eigenvalue weighted by atomic mass is 10.0. The van der Waals surface area contributed by atoms with Gasteiger partial charge in [0.1, 0.15) is 6.04 Å². The molecular weight excluding hydrogens is 386 g/mol. The number of amides is 1. The number of hydrogen-bond donors (Lipinski definition) is 1. The van der Waals surface area contributed by atoms with Crippen LogP contribution in [0.2, 0.25) is 0 Å². The first-order valence-electron chi connectivity index (χ1n) is 8.86. The van der Waals surface area contributed by atoms with Crippen molar-refractivity contribution in [2.75, 3.05) is 10.6 Å². The standard InChI is InChI=1S/C20H24F2N2O3S/c1-5-19(15-8-6-13(2)7-9-15)23-20(25)14(3)24(28(4,26)27)16-10-11-17(21)18(22)12-16/h6-12,14,19H,5H2,1-4H3,(H,23,25)/t14-,19+/m1/s1. The van der Waals surface area contributed by atoms with Gasteiger partial charge in [0.25, 0.3) is 0 Å². The maximum Gasteiger partial charge on any atom is 0.244 e. The van der Waals surface area contributed by atoms with Crippen LogP contribution in [0.4, 0.5) is 14.5 Å². The van der Waals surface area contributed by atoms with Crippen molar-refractivity contribution in [2.24, 2.45) is 0 Å². The van der Waals surface area contributed by atoms with Gasteiger partial charge in [-0.1, -0.05) is 36.8 Å². The zero-order chi connectivity index (χ0) is 21.1. The van der Waals surface area contributed by atoms with Gasteiger partial charge in [-0.3, -0.25) is 9.10 Å². The Labute approximate surface area is 164 Å². The van der Waals surface area contributed by atoms with Crippen LogP contribution < -0.4 is 9.62 Å². The number of anilines is 1. The van der Waals surface area contributed by atoms with E-state index in [2.05, 4.69) is 5.32 Å². The molecule has 2 aromatic carbocycles. The lowest BCUT2D eigenvalue weighted by Gasteiger charge is -2.30. The summed E-state index contributed by atoms with van der Waals surface area (Å²) in [4.78, 5) is 12.8. The second-order valence-electron chi connectivity index (χ2n) is 6.71. The summed E-state index contributed by atoms with van der Waals surface area (Å²) < 4.78 is 52.2. The van der Waals surface area contributed by atoms with Crippen LogP contribution in [0.25, 0.3) is 0 Å². The van der Waals surface area contributed by atoms with Crippen LogP contribution in [0.15, 0.2) is 42.5 Å². The molecule has 28 heavy (non-hydrogen) atoms. The van der Waals surface area contributed by atoms with Gasteiger partial charge in [-0.2, -0.15) is 0 Å². The number of hydrogen-bond acceptors (Lipinski definition) is 3. The molecule has 1 N–H and O–H groups in total. The fourth-order valence-corrected chi connectivity index (χ4v) is 4.11. The summed E-state index contributed by atoms with van der Waals surface area (Å²) in [6.07, 6.45) is 1.51. The summed E-state index contributed by atoms with van der Waals surface area (Å²) in [6.45, 7) is 5.26. The van der Waals surface area contributed by atoms with Crippen LogP contribution in [-0.2, 0) is 14.8 Å². The molecule has 1 amide bonds. The van der Waals surface area contributed by atoms with Crippen molar-refractivity contribution in [3.63, 3.8) is 0 Å². The topological polar surface area (TPSA) is 66.5 Å². The van der Waals surface area contributed by atoms with Gasteiger partial charge in [-0.05, 0) is 38.0 Å². The monoisotopic (exact) mass is 410 g/mol. The van der Waals surface area contributed by atoms with E-state index in [0.29, 0.717) is 6.42 Å². The summed E-state index contributed by atoms with van der Waals surface area (Å²) in [6, 6.07) is 8.92. The van der Waals surface area contributed by atoms with E-state index in [1.54, 1.807) is 0 Å². The molecule has 0 aliphatic rings. The maximum atomic E-state index is 13.6. The van der Waals surface area contributed by atoms with Gasteiger partial charge in [0, 0.05) is 6.07 Å². The van der Waals surface area contributed by atoms with Gasteiger partial charge in [0.2, 0.25) is 15.9 Å².